The molecule has 2 aromatic rings. The van der Waals surface area contributed by atoms with Gasteiger partial charge in [-0.25, -0.2) is 4.79 Å². The molecule has 0 spiro atoms. The number of ether oxygens (including phenoxy) is 1. The zero-order valence-corrected chi connectivity index (χ0v) is 16.4. The molecule has 0 aliphatic heterocycles. The van der Waals surface area contributed by atoms with Crippen molar-refractivity contribution in [3.8, 4) is 11.1 Å². The Labute approximate surface area is 145 Å². The number of carbonyl (C=O) groups excluding carboxylic acids is 1. The van der Waals surface area contributed by atoms with Gasteiger partial charge in [-0.2, -0.15) is 0 Å². The second-order valence-electron chi connectivity index (χ2n) is 7.18. The second kappa shape index (κ2) is 7.36. The molecule has 0 saturated heterocycles. The van der Waals surface area contributed by atoms with Crippen LogP contribution >= 0.6 is 0 Å². The summed E-state index contributed by atoms with van der Waals surface area (Å²) in [6.07, 6.45) is 1.49. The van der Waals surface area contributed by atoms with Gasteiger partial charge < -0.3 is 13.6 Å². The van der Waals surface area contributed by atoms with E-state index in [1.165, 1.54) is 7.11 Å². The van der Waals surface area contributed by atoms with Crippen molar-refractivity contribution in [2.75, 3.05) is 7.11 Å². The Morgan fingerprint density at radius 1 is 1.17 bits per heavy atom. The van der Waals surface area contributed by atoms with Crippen LogP contribution in [0.2, 0.25) is 13.1 Å². The molecule has 0 bridgehead atoms. The van der Waals surface area contributed by atoms with Crippen molar-refractivity contribution in [3.05, 3.63) is 47.9 Å². The minimum absolute atomic E-state index is 0.127. The fourth-order valence-electron chi connectivity index (χ4n) is 2.73. The highest BCUT2D eigenvalue weighted by molar-refractivity contribution is 6.48. The quantitative estimate of drug-likeness (QED) is 0.575. The van der Waals surface area contributed by atoms with Crippen LogP contribution in [0.1, 0.15) is 43.0 Å². The molecule has 2 rings (SSSR count). The molecule has 4 nitrogen and oxygen atoms in total. The first kappa shape index (κ1) is 18.5. The molecule has 0 amide bonds. The van der Waals surface area contributed by atoms with E-state index in [4.69, 9.17) is 13.6 Å². The highest BCUT2D eigenvalue weighted by Crippen LogP contribution is 2.43. The molecule has 0 aliphatic carbocycles. The zero-order chi connectivity index (χ0) is 17.9. The Balaban J connectivity index is 2.65. The third-order valence-corrected chi connectivity index (χ3v) is 4.55. The number of hydrogen-bond donors (Lipinski definition) is 0. The van der Waals surface area contributed by atoms with E-state index >= 15 is 0 Å². The average molecular weight is 346 g/mol. The predicted molar refractivity (Wildman–Crippen MR) is 97.6 cm³/mol. The van der Waals surface area contributed by atoms with E-state index in [-0.39, 0.29) is 17.3 Å². The van der Waals surface area contributed by atoms with Crippen LogP contribution in [0.3, 0.4) is 0 Å². The SMILES string of the molecule is COC(=O)c1occ(C(O[SiH](C)C)C(C)(C)C)c1-c1ccccc1. The van der Waals surface area contributed by atoms with E-state index in [0.717, 1.165) is 16.7 Å². The smallest absolute Gasteiger partial charge is 0.374 e. The van der Waals surface area contributed by atoms with Gasteiger partial charge in [-0.1, -0.05) is 51.1 Å². The maximum atomic E-state index is 12.2. The first-order valence-electron chi connectivity index (χ1n) is 8.16. The number of methoxy groups -OCH3 is 1. The standard InChI is InChI=1S/C19H26O4Si/c1-19(2,3)17(23-24(5)6)14-12-22-16(18(20)21-4)15(14)13-10-8-7-9-11-13/h7-12,17,24H,1-6H3. The van der Waals surface area contributed by atoms with Crippen molar-refractivity contribution in [2.24, 2.45) is 5.41 Å². The van der Waals surface area contributed by atoms with Crippen LogP contribution in [0.4, 0.5) is 0 Å². The Kier molecular flexibility index (Phi) is 5.67. The third kappa shape index (κ3) is 3.97. The molecule has 1 aromatic heterocycles. The summed E-state index contributed by atoms with van der Waals surface area (Å²) in [5.41, 5.74) is 2.45. The lowest BCUT2D eigenvalue weighted by Crippen LogP contribution is -2.26. The molecule has 0 radical (unpaired) electrons. The number of rotatable bonds is 5. The molecule has 24 heavy (non-hydrogen) atoms. The molecule has 0 N–H and O–H groups in total. The molecular formula is C19H26O4Si. The van der Waals surface area contributed by atoms with E-state index in [1.807, 2.05) is 30.3 Å². The summed E-state index contributed by atoms with van der Waals surface area (Å²) < 4.78 is 16.8. The summed E-state index contributed by atoms with van der Waals surface area (Å²) in [7, 11) is 0.0662. The molecule has 0 fully saturated rings. The van der Waals surface area contributed by atoms with Crippen LogP contribution in [-0.4, -0.2) is 22.1 Å². The Hall–Kier alpha value is -1.85. The molecule has 1 atom stereocenters. The van der Waals surface area contributed by atoms with Gasteiger partial charge in [0.25, 0.3) is 0 Å². The van der Waals surface area contributed by atoms with Crippen molar-refractivity contribution in [2.45, 2.75) is 40.0 Å². The normalized spacial score (nSPS) is 13.1. The molecule has 1 heterocycles. The van der Waals surface area contributed by atoms with Gasteiger partial charge in [0.1, 0.15) is 0 Å². The lowest BCUT2D eigenvalue weighted by molar-refractivity contribution is 0.0566. The number of carbonyl (C=O) groups is 1. The summed E-state index contributed by atoms with van der Waals surface area (Å²) in [4.78, 5) is 12.2. The van der Waals surface area contributed by atoms with Gasteiger partial charge in [-0.15, -0.1) is 0 Å². The maximum absolute atomic E-state index is 12.2. The predicted octanol–water partition coefficient (Wildman–Crippen LogP) is 4.82. The van der Waals surface area contributed by atoms with Crippen molar-refractivity contribution < 1.29 is 18.4 Å². The Morgan fingerprint density at radius 2 is 1.79 bits per heavy atom. The number of hydrogen-bond acceptors (Lipinski definition) is 4. The molecule has 5 heteroatoms. The monoisotopic (exact) mass is 346 g/mol. The average Bonchev–Trinajstić information content (AvgIpc) is 2.95. The van der Waals surface area contributed by atoms with Crippen LogP contribution in [0, 0.1) is 5.41 Å². The van der Waals surface area contributed by atoms with Crippen LogP contribution in [0.5, 0.6) is 0 Å². The van der Waals surface area contributed by atoms with Crippen molar-refractivity contribution in [3.63, 3.8) is 0 Å². The minimum Gasteiger partial charge on any atom is -0.463 e. The number of esters is 1. The fraction of sp³-hybridized carbons (Fsp3) is 0.421. The van der Waals surface area contributed by atoms with Gasteiger partial charge in [0.2, 0.25) is 5.76 Å². The van der Waals surface area contributed by atoms with Crippen LogP contribution < -0.4 is 0 Å². The first-order valence-corrected chi connectivity index (χ1v) is 10.9. The maximum Gasteiger partial charge on any atom is 0.374 e. The highest BCUT2D eigenvalue weighted by atomic mass is 28.3. The molecular weight excluding hydrogens is 320 g/mol. The summed E-state index contributed by atoms with van der Waals surface area (Å²) in [6, 6.07) is 9.76. The van der Waals surface area contributed by atoms with Gasteiger partial charge in [-0.3, -0.25) is 0 Å². The van der Waals surface area contributed by atoms with Crippen molar-refractivity contribution in [1.82, 2.24) is 0 Å². The van der Waals surface area contributed by atoms with Gasteiger partial charge in [0, 0.05) is 11.1 Å². The van der Waals surface area contributed by atoms with Gasteiger partial charge in [0.15, 0.2) is 9.04 Å². The van der Waals surface area contributed by atoms with E-state index in [9.17, 15) is 4.79 Å². The van der Waals surface area contributed by atoms with Gasteiger partial charge in [-0.05, 0) is 24.1 Å². The summed E-state index contributed by atoms with van der Waals surface area (Å²) >= 11 is 0. The van der Waals surface area contributed by atoms with Gasteiger partial charge >= 0.3 is 5.97 Å². The minimum atomic E-state index is -1.29. The lowest BCUT2D eigenvalue weighted by Gasteiger charge is -2.32. The summed E-state index contributed by atoms with van der Waals surface area (Å²) in [6.45, 7) is 10.7. The zero-order valence-electron chi connectivity index (χ0n) is 15.3. The van der Waals surface area contributed by atoms with Crippen LogP contribution in [0.25, 0.3) is 11.1 Å². The molecule has 130 valence electrons. The van der Waals surface area contributed by atoms with E-state index < -0.39 is 15.0 Å². The lowest BCUT2D eigenvalue weighted by atomic mass is 9.83. The fourth-order valence-corrected chi connectivity index (χ4v) is 3.82. The third-order valence-electron chi connectivity index (χ3n) is 3.73. The van der Waals surface area contributed by atoms with E-state index in [2.05, 4.69) is 33.9 Å². The van der Waals surface area contributed by atoms with Crippen molar-refractivity contribution in [1.29, 1.82) is 0 Å². The van der Waals surface area contributed by atoms with Crippen LogP contribution in [-0.2, 0) is 9.16 Å². The van der Waals surface area contributed by atoms with Gasteiger partial charge in [0.05, 0.1) is 19.5 Å². The number of benzene rings is 1. The second-order valence-corrected chi connectivity index (χ2v) is 9.55. The molecule has 0 aliphatic rings. The largest absolute Gasteiger partial charge is 0.463 e. The Morgan fingerprint density at radius 3 is 2.29 bits per heavy atom. The number of furan rings is 1. The topological polar surface area (TPSA) is 48.7 Å². The van der Waals surface area contributed by atoms with Crippen molar-refractivity contribution >= 4 is 15.0 Å². The molecule has 1 aromatic carbocycles. The van der Waals surface area contributed by atoms with E-state index in [0.29, 0.717) is 0 Å². The summed E-state index contributed by atoms with van der Waals surface area (Å²) in [5, 5.41) is 0. The molecule has 1 unspecified atom stereocenters. The van der Waals surface area contributed by atoms with E-state index in [1.54, 1.807) is 6.26 Å². The highest BCUT2D eigenvalue weighted by Gasteiger charge is 2.34. The van der Waals surface area contributed by atoms with Crippen LogP contribution in [0.15, 0.2) is 41.0 Å². The first-order chi connectivity index (χ1) is 11.3. The Bertz CT molecular complexity index is 683. The molecule has 0 saturated carbocycles. The summed E-state index contributed by atoms with van der Waals surface area (Å²) in [5.74, 6) is -0.253.